The van der Waals surface area contributed by atoms with Crippen molar-refractivity contribution < 1.29 is 14.3 Å². The molecule has 0 spiro atoms. The van der Waals surface area contributed by atoms with Gasteiger partial charge in [0.05, 0.1) is 13.2 Å². The van der Waals surface area contributed by atoms with Crippen LogP contribution in [0.1, 0.15) is 29.7 Å². The Hall–Kier alpha value is -3.73. The normalized spacial score (nSPS) is 11.8. The second-order valence-electron chi connectivity index (χ2n) is 7.75. The SMILES string of the molecule is CCN(C(=O)COc1ccc(OC)cc1)[C@@H](c1ccc(C)cc1)c1c[nH]c2ccccc12. The third-order valence-corrected chi connectivity index (χ3v) is 5.70. The van der Waals surface area contributed by atoms with Crippen molar-refractivity contribution in [3.8, 4) is 11.5 Å². The molecule has 5 heteroatoms. The minimum Gasteiger partial charge on any atom is -0.497 e. The zero-order valence-electron chi connectivity index (χ0n) is 18.7. The summed E-state index contributed by atoms with van der Waals surface area (Å²) in [4.78, 5) is 18.6. The van der Waals surface area contributed by atoms with Crippen molar-refractivity contribution in [1.29, 1.82) is 0 Å². The highest BCUT2D eigenvalue weighted by molar-refractivity contribution is 5.86. The number of aromatic nitrogens is 1. The third kappa shape index (κ3) is 4.47. The van der Waals surface area contributed by atoms with Crippen LogP contribution >= 0.6 is 0 Å². The lowest BCUT2D eigenvalue weighted by Gasteiger charge is -2.31. The summed E-state index contributed by atoms with van der Waals surface area (Å²) in [5.74, 6) is 1.31. The summed E-state index contributed by atoms with van der Waals surface area (Å²) in [7, 11) is 1.62. The zero-order chi connectivity index (χ0) is 22.5. The number of carbonyl (C=O) groups is 1. The number of nitrogens with one attached hydrogen (secondary N) is 1. The molecule has 1 aromatic heterocycles. The summed E-state index contributed by atoms with van der Waals surface area (Å²) in [5.41, 5.74) is 4.38. The molecule has 1 heterocycles. The number of fused-ring (bicyclic) bond motifs is 1. The molecule has 0 unspecified atom stereocenters. The Kier molecular flexibility index (Phi) is 6.45. The predicted molar refractivity (Wildman–Crippen MR) is 127 cm³/mol. The molecule has 32 heavy (non-hydrogen) atoms. The topological polar surface area (TPSA) is 54.6 Å². The molecule has 1 amide bonds. The van der Waals surface area contributed by atoms with Crippen LogP contribution in [0, 0.1) is 6.92 Å². The van der Waals surface area contributed by atoms with E-state index in [1.54, 1.807) is 19.2 Å². The van der Waals surface area contributed by atoms with Gasteiger partial charge in [-0.25, -0.2) is 0 Å². The lowest BCUT2D eigenvalue weighted by atomic mass is 9.95. The molecule has 0 bridgehead atoms. The number of hydrogen-bond donors (Lipinski definition) is 1. The Labute approximate surface area is 188 Å². The maximum atomic E-state index is 13.3. The first-order valence-corrected chi connectivity index (χ1v) is 10.8. The standard InChI is InChI=1S/C27H28N2O3/c1-4-29(26(30)18-32-22-15-13-21(31-3)14-16-22)27(20-11-9-19(2)10-12-20)24-17-28-25-8-6-5-7-23(24)25/h5-17,27-28H,4,18H2,1-3H3/t27-/m0/s1. The molecule has 4 rings (SSSR count). The Balaban J connectivity index is 1.65. The van der Waals surface area contributed by atoms with Crippen LogP contribution in [0.2, 0.25) is 0 Å². The second-order valence-corrected chi connectivity index (χ2v) is 7.75. The molecule has 5 nitrogen and oxygen atoms in total. The van der Waals surface area contributed by atoms with E-state index in [-0.39, 0.29) is 18.6 Å². The number of aryl methyl sites for hydroxylation is 1. The van der Waals surface area contributed by atoms with Crippen LogP contribution in [0.15, 0.2) is 79.0 Å². The number of para-hydroxylation sites is 1. The van der Waals surface area contributed by atoms with E-state index in [2.05, 4.69) is 48.3 Å². The first kappa shape index (κ1) is 21.5. The van der Waals surface area contributed by atoms with Crippen molar-refractivity contribution in [2.45, 2.75) is 19.9 Å². The predicted octanol–water partition coefficient (Wildman–Crippen LogP) is 5.50. The van der Waals surface area contributed by atoms with E-state index in [0.29, 0.717) is 12.3 Å². The fourth-order valence-electron chi connectivity index (χ4n) is 4.00. The van der Waals surface area contributed by atoms with Crippen molar-refractivity contribution >= 4 is 16.8 Å². The molecule has 1 atom stereocenters. The van der Waals surface area contributed by atoms with E-state index < -0.39 is 0 Å². The Bertz CT molecular complexity index is 1180. The number of carbonyl (C=O) groups excluding carboxylic acids is 1. The summed E-state index contributed by atoms with van der Waals surface area (Å²) in [6.45, 7) is 4.59. The van der Waals surface area contributed by atoms with Gasteiger partial charge in [0.2, 0.25) is 0 Å². The van der Waals surface area contributed by atoms with Gasteiger partial charge in [-0.3, -0.25) is 4.79 Å². The monoisotopic (exact) mass is 428 g/mol. The molecule has 0 saturated carbocycles. The van der Waals surface area contributed by atoms with Gasteiger partial charge in [-0.05, 0) is 49.7 Å². The number of likely N-dealkylation sites (N-methyl/N-ethyl adjacent to an activating group) is 1. The first-order chi connectivity index (χ1) is 15.6. The number of methoxy groups -OCH3 is 1. The van der Waals surface area contributed by atoms with Crippen LogP contribution in [0.5, 0.6) is 11.5 Å². The summed E-state index contributed by atoms with van der Waals surface area (Å²) in [6, 6.07) is 23.6. The van der Waals surface area contributed by atoms with Crippen LogP contribution in [0.3, 0.4) is 0 Å². The maximum Gasteiger partial charge on any atom is 0.261 e. The fraction of sp³-hybridized carbons (Fsp3) is 0.222. The fourth-order valence-corrected chi connectivity index (χ4v) is 4.00. The quantitative estimate of drug-likeness (QED) is 0.403. The van der Waals surface area contributed by atoms with E-state index in [0.717, 1.165) is 27.8 Å². The summed E-state index contributed by atoms with van der Waals surface area (Å²) >= 11 is 0. The molecule has 0 fully saturated rings. The molecule has 164 valence electrons. The Morgan fingerprint density at radius 3 is 2.34 bits per heavy atom. The van der Waals surface area contributed by atoms with E-state index in [1.807, 2.05) is 42.3 Å². The molecular weight excluding hydrogens is 400 g/mol. The molecular formula is C27H28N2O3. The van der Waals surface area contributed by atoms with Gasteiger partial charge in [-0.2, -0.15) is 0 Å². The van der Waals surface area contributed by atoms with Crippen molar-refractivity contribution in [1.82, 2.24) is 9.88 Å². The summed E-state index contributed by atoms with van der Waals surface area (Å²) < 4.78 is 11.0. The molecule has 0 saturated heterocycles. The van der Waals surface area contributed by atoms with Gasteiger partial charge in [0, 0.05) is 29.2 Å². The van der Waals surface area contributed by atoms with Gasteiger partial charge in [0.15, 0.2) is 6.61 Å². The van der Waals surface area contributed by atoms with Crippen LogP contribution in [0.4, 0.5) is 0 Å². The summed E-state index contributed by atoms with van der Waals surface area (Å²) in [5, 5.41) is 1.11. The van der Waals surface area contributed by atoms with Crippen molar-refractivity contribution in [3.05, 3.63) is 95.7 Å². The molecule has 4 aromatic rings. The highest BCUT2D eigenvalue weighted by Gasteiger charge is 2.28. The van der Waals surface area contributed by atoms with Crippen LogP contribution in [0.25, 0.3) is 10.9 Å². The van der Waals surface area contributed by atoms with Gasteiger partial charge in [0.25, 0.3) is 5.91 Å². The van der Waals surface area contributed by atoms with Crippen molar-refractivity contribution in [2.75, 3.05) is 20.3 Å². The van der Waals surface area contributed by atoms with Gasteiger partial charge in [0.1, 0.15) is 11.5 Å². The molecule has 0 aliphatic carbocycles. The smallest absolute Gasteiger partial charge is 0.261 e. The van der Waals surface area contributed by atoms with Gasteiger partial charge >= 0.3 is 0 Å². The van der Waals surface area contributed by atoms with Crippen molar-refractivity contribution in [3.63, 3.8) is 0 Å². The van der Waals surface area contributed by atoms with Crippen LogP contribution < -0.4 is 9.47 Å². The minimum atomic E-state index is -0.219. The molecule has 1 N–H and O–H groups in total. The Morgan fingerprint density at radius 1 is 0.969 bits per heavy atom. The lowest BCUT2D eigenvalue weighted by molar-refractivity contribution is -0.134. The number of rotatable bonds is 8. The van der Waals surface area contributed by atoms with Gasteiger partial charge < -0.3 is 19.4 Å². The molecule has 3 aromatic carbocycles. The summed E-state index contributed by atoms with van der Waals surface area (Å²) in [6.07, 6.45) is 2.01. The zero-order valence-corrected chi connectivity index (χ0v) is 18.7. The minimum absolute atomic E-state index is 0.0368. The number of amides is 1. The molecule has 0 aliphatic heterocycles. The van der Waals surface area contributed by atoms with E-state index in [4.69, 9.17) is 9.47 Å². The average molecular weight is 429 g/mol. The number of aromatic amines is 1. The average Bonchev–Trinajstić information content (AvgIpc) is 3.26. The molecule has 0 radical (unpaired) electrons. The molecule has 0 aliphatic rings. The number of nitrogens with zero attached hydrogens (tertiary/aromatic N) is 1. The van der Waals surface area contributed by atoms with Gasteiger partial charge in [-0.1, -0.05) is 48.0 Å². The van der Waals surface area contributed by atoms with Gasteiger partial charge in [-0.15, -0.1) is 0 Å². The van der Waals surface area contributed by atoms with Crippen molar-refractivity contribution in [2.24, 2.45) is 0 Å². The Morgan fingerprint density at radius 2 is 1.66 bits per heavy atom. The maximum absolute atomic E-state index is 13.3. The van der Waals surface area contributed by atoms with E-state index >= 15 is 0 Å². The van der Waals surface area contributed by atoms with E-state index in [1.165, 1.54) is 5.56 Å². The first-order valence-electron chi connectivity index (χ1n) is 10.8. The largest absolute Gasteiger partial charge is 0.497 e. The number of H-pyrrole nitrogens is 1. The second kappa shape index (κ2) is 9.60. The highest BCUT2D eigenvalue weighted by Crippen LogP contribution is 2.34. The lowest BCUT2D eigenvalue weighted by Crippen LogP contribution is -2.38. The van der Waals surface area contributed by atoms with E-state index in [9.17, 15) is 4.79 Å². The van der Waals surface area contributed by atoms with Crippen LogP contribution in [-0.4, -0.2) is 36.1 Å². The third-order valence-electron chi connectivity index (χ3n) is 5.70. The highest BCUT2D eigenvalue weighted by atomic mass is 16.5. The number of ether oxygens (including phenoxy) is 2. The number of hydrogen-bond acceptors (Lipinski definition) is 3. The van der Waals surface area contributed by atoms with Crippen LogP contribution in [-0.2, 0) is 4.79 Å². The number of benzene rings is 3.